The third kappa shape index (κ3) is 3.93. The summed E-state index contributed by atoms with van der Waals surface area (Å²) in [5.41, 5.74) is 5.42. The maximum Gasteiger partial charge on any atom is 0.242 e. The van der Waals surface area contributed by atoms with Crippen LogP contribution in [0, 0.1) is 0 Å². The summed E-state index contributed by atoms with van der Waals surface area (Å²) in [4.78, 5) is 11.2. The summed E-state index contributed by atoms with van der Waals surface area (Å²) in [6.45, 7) is 3.76. The molecule has 0 radical (unpaired) electrons. The number of aryl methyl sites for hydroxylation is 1. The first-order valence-electron chi connectivity index (χ1n) is 5.02. The van der Waals surface area contributed by atoms with Crippen molar-refractivity contribution in [3.63, 3.8) is 0 Å². The Morgan fingerprint density at radius 1 is 1.60 bits per heavy atom. The number of nitrogens with zero attached hydrogens (tertiary/aromatic N) is 2. The highest BCUT2D eigenvalue weighted by molar-refractivity contribution is 7.15. The summed E-state index contributed by atoms with van der Waals surface area (Å²) >= 11 is 1.41. The molecular formula is C9H16N4OS. The van der Waals surface area contributed by atoms with Gasteiger partial charge in [0.15, 0.2) is 0 Å². The first-order chi connectivity index (χ1) is 7.13. The van der Waals surface area contributed by atoms with Crippen LogP contribution in [0.15, 0.2) is 0 Å². The van der Waals surface area contributed by atoms with Crippen LogP contribution in [0.5, 0.6) is 0 Å². The lowest BCUT2D eigenvalue weighted by molar-refractivity contribution is -0.117. The second-order valence-corrected chi connectivity index (χ2v) is 4.44. The molecule has 0 aliphatic rings. The molecular weight excluding hydrogens is 212 g/mol. The number of carbonyl (C=O) groups excluding carboxylic acids is 1. The van der Waals surface area contributed by atoms with E-state index in [4.69, 9.17) is 5.73 Å². The van der Waals surface area contributed by atoms with Crippen LogP contribution in [-0.4, -0.2) is 22.1 Å². The second kappa shape index (κ2) is 5.77. The van der Waals surface area contributed by atoms with E-state index in [0.29, 0.717) is 5.13 Å². The van der Waals surface area contributed by atoms with Crippen LogP contribution in [0.3, 0.4) is 0 Å². The first kappa shape index (κ1) is 12.1. The summed E-state index contributed by atoms with van der Waals surface area (Å²) in [5, 5.41) is 12.0. The van der Waals surface area contributed by atoms with Gasteiger partial charge in [0.1, 0.15) is 5.01 Å². The van der Waals surface area contributed by atoms with Crippen molar-refractivity contribution in [1.29, 1.82) is 0 Å². The molecule has 1 rings (SSSR count). The number of hydrogen-bond acceptors (Lipinski definition) is 5. The molecule has 0 bridgehead atoms. The summed E-state index contributed by atoms with van der Waals surface area (Å²) in [7, 11) is 0. The molecule has 0 aromatic carbocycles. The van der Waals surface area contributed by atoms with Crippen molar-refractivity contribution in [3.8, 4) is 0 Å². The highest BCUT2D eigenvalue weighted by atomic mass is 32.1. The van der Waals surface area contributed by atoms with E-state index < -0.39 is 6.04 Å². The summed E-state index contributed by atoms with van der Waals surface area (Å²) in [6.07, 6.45) is 3.14. The van der Waals surface area contributed by atoms with Gasteiger partial charge in [-0.05, 0) is 13.3 Å². The normalized spacial score (nSPS) is 12.5. The standard InChI is InChI=1S/C9H16N4OS/c1-3-4-5-7-12-13-9(15-7)11-8(14)6(2)10/h6H,3-5,10H2,1-2H3,(H,11,13,14). The third-order valence-electron chi connectivity index (χ3n) is 1.85. The molecule has 1 aromatic heterocycles. The van der Waals surface area contributed by atoms with Gasteiger partial charge in [0.25, 0.3) is 0 Å². The lowest BCUT2D eigenvalue weighted by Gasteiger charge is -2.02. The largest absolute Gasteiger partial charge is 0.320 e. The number of amides is 1. The molecule has 0 saturated carbocycles. The molecule has 1 unspecified atom stereocenters. The quantitative estimate of drug-likeness (QED) is 0.792. The average molecular weight is 228 g/mol. The first-order valence-corrected chi connectivity index (χ1v) is 5.84. The number of carbonyl (C=O) groups is 1. The Bertz CT molecular complexity index is 324. The molecule has 5 nitrogen and oxygen atoms in total. The molecule has 84 valence electrons. The Kier molecular flexibility index (Phi) is 4.64. The minimum atomic E-state index is -0.520. The molecule has 1 atom stereocenters. The number of nitrogens with two attached hydrogens (primary N) is 1. The van der Waals surface area contributed by atoms with Gasteiger partial charge in [0.05, 0.1) is 6.04 Å². The Hall–Kier alpha value is -1.01. The molecule has 3 N–H and O–H groups in total. The summed E-state index contributed by atoms with van der Waals surface area (Å²) < 4.78 is 0. The number of rotatable bonds is 5. The summed E-state index contributed by atoms with van der Waals surface area (Å²) in [5.74, 6) is -0.229. The fraction of sp³-hybridized carbons (Fsp3) is 0.667. The zero-order chi connectivity index (χ0) is 11.3. The zero-order valence-corrected chi connectivity index (χ0v) is 9.80. The number of unbranched alkanes of at least 4 members (excludes halogenated alkanes) is 1. The van der Waals surface area contributed by atoms with Crippen LogP contribution in [0.25, 0.3) is 0 Å². The van der Waals surface area contributed by atoms with Gasteiger partial charge in [-0.15, -0.1) is 10.2 Å². The molecule has 6 heteroatoms. The van der Waals surface area contributed by atoms with Gasteiger partial charge in [-0.3, -0.25) is 10.1 Å². The maximum absolute atomic E-state index is 11.2. The van der Waals surface area contributed by atoms with E-state index in [1.165, 1.54) is 11.3 Å². The number of hydrogen-bond donors (Lipinski definition) is 2. The predicted molar refractivity (Wildman–Crippen MR) is 60.8 cm³/mol. The molecule has 0 saturated heterocycles. The van der Waals surface area contributed by atoms with Crippen molar-refractivity contribution in [3.05, 3.63) is 5.01 Å². The Balaban J connectivity index is 2.49. The lowest BCUT2D eigenvalue weighted by Crippen LogP contribution is -2.32. The van der Waals surface area contributed by atoms with E-state index in [1.807, 2.05) is 0 Å². The Morgan fingerprint density at radius 2 is 2.33 bits per heavy atom. The molecule has 1 amide bonds. The maximum atomic E-state index is 11.2. The smallest absolute Gasteiger partial charge is 0.242 e. The van der Waals surface area contributed by atoms with Crippen LogP contribution in [-0.2, 0) is 11.2 Å². The van der Waals surface area contributed by atoms with Crippen molar-refractivity contribution in [2.24, 2.45) is 5.73 Å². The second-order valence-electron chi connectivity index (χ2n) is 3.38. The number of anilines is 1. The monoisotopic (exact) mass is 228 g/mol. The molecule has 0 aliphatic carbocycles. The molecule has 1 aromatic rings. The highest BCUT2D eigenvalue weighted by Crippen LogP contribution is 2.16. The van der Waals surface area contributed by atoms with E-state index in [-0.39, 0.29) is 5.91 Å². The van der Waals surface area contributed by atoms with Crippen molar-refractivity contribution in [2.45, 2.75) is 39.2 Å². The number of aromatic nitrogens is 2. The number of nitrogens with one attached hydrogen (secondary N) is 1. The third-order valence-corrected chi connectivity index (χ3v) is 2.75. The summed E-state index contributed by atoms with van der Waals surface area (Å²) in [6, 6.07) is -0.520. The van der Waals surface area contributed by atoms with Gasteiger partial charge in [-0.2, -0.15) is 0 Å². The molecule has 0 aliphatic heterocycles. The van der Waals surface area contributed by atoms with E-state index in [0.717, 1.165) is 24.3 Å². The van der Waals surface area contributed by atoms with Gasteiger partial charge in [-0.1, -0.05) is 24.7 Å². The van der Waals surface area contributed by atoms with Crippen LogP contribution >= 0.6 is 11.3 Å². The Morgan fingerprint density at radius 3 is 2.93 bits per heavy atom. The lowest BCUT2D eigenvalue weighted by atomic mass is 10.3. The molecule has 0 spiro atoms. The van der Waals surface area contributed by atoms with E-state index in [1.54, 1.807) is 6.92 Å². The molecule has 0 fully saturated rings. The topological polar surface area (TPSA) is 80.9 Å². The van der Waals surface area contributed by atoms with Crippen molar-refractivity contribution >= 4 is 22.4 Å². The minimum Gasteiger partial charge on any atom is -0.320 e. The minimum absolute atomic E-state index is 0.229. The van der Waals surface area contributed by atoms with E-state index >= 15 is 0 Å². The van der Waals surface area contributed by atoms with Crippen molar-refractivity contribution in [2.75, 3.05) is 5.32 Å². The molecule has 15 heavy (non-hydrogen) atoms. The average Bonchev–Trinajstić information content (AvgIpc) is 2.62. The van der Waals surface area contributed by atoms with Crippen LogP contribution in [0.2, 0.25) is 0 Å². The van der Waals surface area contributed by atoms with Crippen LogP contribution in [0.1, 0.15) is 31.7 Å². The fourth-order valence-electron chi connectivity index (χ4n) is 0.952. The van der Waals surface area contributed by atoms with Gasteiger partial charge >= 0.3 is 0 Å². The predicted octanol–water partition coefficient (Wildman–Crippen LogP) is 1.17. The van der Waals surface area contributed by atoms with Gasteiger partial charge in [0, 0.05) is 6.42 Å². The van der Waals surface area contributed by atoms with Crippen molar-refractivity contribution < 1.29 is 4.79 Å². The van der Waals surface area contributed by atoms with E-state index in [9.17, 15) is 4.79 Å². The van der Waals surface area contributed by atoms with Crippen LogP contribution in [0.4, 0.5) is 5.13 Å². The molecule has 1 heterocycles. The Labute approximate surface area is 93.1 Å². The van der Waals surface area contributed by atoms with Gasteiger partial charge in [0.2, 0.25) is 11.0 Å². The fourth-order valence-corrected chi connectivity index (χ4v) is 1.74. The van der Waals surface area contributed by atoms with Gasteiger partial charge in [-0.25, -0.2) is 0 Å². The SMILES string of the molecule is CCCCc1nnc(NC(=O)C(C)N)s1. The zero-order valence-electron chi connectivity index (χ0n) is 8.99. The van der Waals surface area contributed by atoms with Gasteiger partial charge < -0.3 is 5.73 Å². The van der Waals surface area contributed by atoms with E-state index in [2.05, 4.69) is 22.4 Å². The highest BCUT2D eigenvalue weighted by Gasteiger charge is 2.10. The van der Waals surface area contributed by atoms with Crippen LogP contribution < -0.4 is 11.1 Å². The van der Waals surface area contributed by atoms with Crippen molar-refractivity contribution in [1.82, 2.24) is 10.2 Å².